The number of nitrogens with zero attached hydrogens (tertiary/aromatic N) is 2. The molecule has 0 radical (unpaired) electrons. The number of aliphatic hydroxyl groups is 1. The van der Waals surface area contributed by atoms with Crippen LogP contribution in [0.3, 0.4) is 0 Å². The largest absolute Gasteiger partial charge is 0.389 e. The summed E-state index contributed by atoms with van der Waals surface area (Å²) in [6, 6.07) is 3.75. The van der Waals surface area contributed by atoms with Crippen molar-refractivity contribution in [1.82, 2.24) is 4.98 Å². The molecule has 0 spiro atoms. The first kappa shape index (κ1) is 12.9. The van der Waals surface area contributed by atoms with Gasteiger partial charge in [0.05, 0.1) is 12.7 Å². The Morgan fingerprint density at radius 1 is 1.56 bits per heavy atom. The monoisotopic (exact) mass is 224 g/mol. The summed E-state index contributed by atoms with van der Waals surface area (Å²) in [7, 11) is 1.69. The number of hydrogen-bond donors (Lipinski definition) is 1. The summed E-state index contributed by atoms with van der Waals surface area (Å²) in [5, 5.41) is 9.51. The number of ether oxygens (including phenoxy) is 1. The predicted molar refractivity (Wildman–Crippen MR) is 64.6 cm³/mol. The van der Waals surface area contributed by atoms with E-state index >= 15 is 0 Å². The molecule has 0 saturated heterocycles. The summed E-state index contributed by atoms with van der Waals surface area (Å²) >= 11 is 0. The van der Waals surface area contributed by atoms with Crippen LogP contribution in [0, 0.1) is 0 Å². The van der Waals surface area contributed by atoms with Crippen LogP contribution in [-0.4, -0.2) is 36.9 Å². The molecule has 1 aromatic rings. The number of likely N-dealkylation sites (N-methyl/N-ethyl adjacent to an activating group) is 1. The number of aromatic nitrogens is 1. The van der Waals surface area contributed by atoms with E-state index in [0.717, 1.165) is 24.5 Å². The average molecular weight is 224 g/mol. The fraction of sp³-hybridized carbons (Fsp3) is 0.583. The van der Waals surface area contributed by atoms with Gasteiger partial charge in [-0.2, -0.15) is 0 Å². The lowest BCUT2D eigenvalue weighted by molar-refractivity contribution is 0.199. The van der Waals surface area contributed by atoms with Crippen molar-refractivity contribution in [2.75, 3.05) is 31.7 Å². The van der Waals surface area contributed by atoms with Gasteiger partial charge in [0.25, 0.3) is 0 Å². The molecule has 1 N–H and O–H groups in total. The van der Waals surface area contributed by atoms with Crippen LogP contribution in [0.2, 0.25) is 0 Å². The van der Waals surface area contributed by atoms with Crippen LogP contribution in [0.15, 0.2) is 18.3 Å². The van der Waals surface area contributed by atoms with E-state index < -0.39 is 6.10 Å². The number of hydrogen-bond acceptors (Lipinski definition) is 4. The van der Waals surface area contributed by atoms with E-state index in [1.54, 1.807) is 20.2 Å². The summed E-state index contributed by atoms with van der Waals surface area (Å²) in [4.78, 5) is 6.43. The highest BCUT2D eigenvalue weighted by atomic mass is 16.5. The first-order valence-corrected chi connectivity index (χ1v) is 5.57. The second-order valence-corrected chi connectivity index (χ2v) is 3.70. The molecule has 1 aromatic heterocycles. The van der Waals surface area contributed by atoms with Crippen molar-refractivity contribution in [3.63, 3.8) is 0 Å². The van der Waals surface area contributed by atoms with Crippen molar-refractivity contribution in [3.8, 4) is 0 Å². The molecule has 0 amide bonds. The molecule has 0 aromatic carbocycles. The molecule has 1 heterocycles. The van der Waals surface area contributed by atoms with Gasteiger partial charge in [-0.15, -0.1) is 0 Å². The highest BCUT2D eigenvalue weighted by Crippen LogP contribution is 2.17. The van der Waals surface area contributed by atoms with Gasteiger partial charge in [-0.25, -0.2) is 4.98 Å². The van der Waals surface area contributed by atoms with Crippen molar-refractivity contribution in [2.24, 2.45) is 0 Å². The Morgan fingerprint density at radius 3 is 2.88 bits per heavy atom. The number of pyridine rings is 1. The van der Waals surface area contributed by atoms with Crippen LogP contribution in [0.4, 0.5) is 5.82 Å². The Morgan fingerprint density at radius 2 is 2.31 bits per heavy atom. The highest BCUT2D eigenvalue weighted by Gasteiger charge is 2.08. The Balaban J connectivity index is 2.79. The first-order valence-electron chi connectivity index (χ1n) is 5.57. The van der Waals surface area contributed by atoms with E-state index in [9.17, 15) is 5.11 Å². The van der Waals surface area contributed by atoms with Crippen molar-refractivity contribution in [1.29, 1.82) is 0 Å². The lowest BCUT2D eigenvalue weighted by Crippen LogP contribution is -2.27. The van der Waals surface area contributed by atoms with Crippen LogP contribution in [0.25, 0.3) is 0 Å². The third kappa shape index (κ3) is 3.47. The smallest absolute Gasteiger partial charge is 0.128 e. The van der Waals surface area contributed by atoms with E-state index in [4.69, 9.17) is 4.74 Å². The highest BCUT2D eigenvalue weighted by molar-refractivity contribution is 5.41. The van der Waals surface area contributed by atoms with Gasteiger partial charge in [-0.1, -0.05) is 0 Å². The lowest BCUT2D eigenvalue weighted by Gasteiger charge is -2.22. The van der Waals surface area contributed by atoms with Crippen molar-refractivity contribution in [3.05, 3.63) is 23.9 Å². The minimum atomic E-state index is -0.456. The molecular weight excluding hydrogens is 204 g/mol. The van der Waals surface area contributed by atoms with Crippen molar-refractivity contribution in [2.45, 2.75) is 20.0 Å². The molecule has 0 saturated carbocycles. The molecule has 16 heavy (non-hydrogen) atoms. The molecule has 0 fully saturated rings. The quantitative estimate of drug-likeness (QED) is 0.797. The average Bonchev–Trinajstić information content (AvgIpc) is 2.30. The summed E-state index contributed by atoms with van der Waals surface area (Å²) < 4.78 is 5.05. The Hall–Kier alpha value is -1.13. The standard InChI is InChI=1S/C12H20N2O2/c1-4-14(7-8-16-3)12-9-11(10(2)15)5-6-13-12/h5-6,9-10,15H,4,7-8H2,1-3H3/t10-/m0/s1. The van der Waals surface area contributed by atoms with Gasteiger partial charge in [0.1, 0.15) is 5.82 Å². The second kappa shape index (κ2) is 6.45. The summed E-state index contributed by atoms with van der Waals surface area (Å²) in [5.41, 5.74) is 0.890. The van der Waals surface area contributed by atoms with Crippen molar-refractivity contribution >= 4 is 5.82 Å². The van der Waals surface area contributed by atoms with E-state index in [-0.39, 0.29) is 0 Å². The van der Waals surface area contributed by atoms with Gasteiger partial charge in [0.2, 0.25) is 0 Å². The van der Waals surface area contributed by atoms with E-state index in [1.165, 1.54) is 0 Å². The fourth-order valence-corrected chi connectivity index (χ4v) is 1.50. The number of methoxy groups -OCH3 is 1. The van der Waals surface area contributed by atoms with Crippen molar-refractivity contribution < 1.29 is 9.84 Å². The molecule has 0 aliphatic carbocycles. The Labute approximate surface area is 96.9 Å². The molecule has 90 valence electrons. The number of rotatable bonds is 6. The molecule has 0 aliphatic heterocycles. The van der Waals surface area contributed by atoms with Gasteiger partial charge in [-0.05, 0) is 31.5 Å². The second-order valence-electron chi connectivity index (χ2n) is 3.70. The van der Waals surface area contributed by atoms with E-state index in [0.29, 0.717) is 6.61 Å². The van der Waals surface area contributed by atoms with Crippen LogP contribution in [0.5, 0.6) is 0 Å². The van der Waals surface area contributed by atoms with Gasteiger partial charge in [0, 0.05) is 26.4 Å². The summed E-state index contributed by atoms with van der Waals surface area (Å²) in [5.74, 6) is 0.887. The first-order chi connectivity index (χ1) is 7.69. The fourth-order valence-electron chi connectivity index (χ4n) is 1.50. The number of aliphatic hydroxyl groups excluding tert-OH is 1. The van der Waals surface area contributed by atoms with Crippen LogP contribution >= 0.6 is 0 Å². The zero-order valence-corrected chi connectivity index (χ0v) is 10.2. The van der Waals surface area contributed by atoms with Gasteiger partial charge in [0.15, 0.2) is 0 Å². The molecule has 4 heteroatoms. The van der Waals surface area contributed by atoms with Crippen LogP contribution < -0.4 is 4.90 Å². The van der Waals surface area contributed by atoms with Gasteiger partial charge >= 0.3 is 0 Å². The van der Waals surface area contributed by atoms with E-state index in [2.05, 4.69) is 16.8 Å². The van der Waals surface area contributed by atoms with Gasteiger partial charge < -0.3 is 14.7 Å². The summed E-state index contributed by atoms with van der Waals surface area (Å²) in [6.07, 6.45) is 1.27. The van der Waals surface area contributed by atoms with E-state index in [1.807, 2.05) is 12.1 Å². The minimum absolute atomic E-state index is 0.456. The molecule has 0 aliphatic rings. The minimum Gasteiger partial charge on any atom is -0.389 e. The van der Waals surface area contributed by atoms with Crippen LogP contribution in [-0.2, 0) is 4.74 Å². The SMILES string of the molecule is CCN(CCOC)c1cc([C@H](C)O)ccn1. The maximum atomic E-state index is 9.51. The predicted octanol–water partition coefficient (Wildman–Crippen LogP) is 1.61. The molecular formula is C12H20N2O2. The third-order valence-corrected chi connectivity index (χ3v) is 2.52. The molecule has 4 nitrogen and oxygen atoms in total. The number of anilines is 1. The Kier molecular flexibility index (Phi) is 5.22. The molecule has 0 bridgehead atoms. The summed E-state index contributed by atoms with van der Waals surface area (Å²) in [6.45, 7) is 6.19. The third-order valence-electron chi connectivity index (χ3n) is 2.52. The molecule has 0 unspecified atom stereocenters. The zero-order valence-electron chi connectivity index (χ0n) is 10.2. The normalized spacial score (nSPS) is 12.5. The zero-order chi connectivity index (χ0) is 12.0. The molecule has 1 atom stereocenters. The van der Waals surface area contributed by atoms with Crippen LogP contribution in [0.1, 0.15) is 25.5 Å². The maximum Gasteiger partial charge on any atom is 0.128 e. The topological polar surface area (TPSA) is 45.6 Å². The lowest BCUT2D eigenvalue weighted by atomic mass is 10.1. The van der Waals surface area contributed by atoms with Gasteiger partial charge in [-0.3, -0.25) is 0 Å². The maximum absolute atomic E-state index is 9.51. The molecule has 1 rings (SSSR count). The Bertz CT molecular complexity index is 316.